The first kappa shape index (κ1) is 10.7. The standard InChI is InChI=1S/C13H21NO/c1-10-12(8-9-15-10)13(14-2)11-6-4-3-5-7-11/h8-9,11,13-14H,3-7H2,1-2H3. The lowest BCUT2D eigenvalue weighted by atomic mass is 9.81. The molecule has 15 heavy (non-hydrogen) atoms. The summed E-state index contributed by atoms with van der Waals surface area (Å²) < 4.78 is 5.40. The molecule has 1 aromatic heterocycles. The Morgan fingerprint density at radius 3 is 2.60 bits per heavy atom. The summed E-state index contributed by atoms with van der Waals surface area (Å²) in [7, 11) is 2.06. The Morgan fingerprint density at radius 1 is 1.33 bits per heavy atom. The van der Waals surface area contributed by atoms with Crippen LogP contribution in [-0.4, -0.2) is 7.05 Å². The van der Waals surface area contributed by atoms with Crippen molar-refractivity contribution in [2.45, 2.75) is 45.1 Å². The molecule has 0 amide bonds. The molecule has 1 aliphatic rings. The number of aryl methyl sites for hydroxylation is 1. The van der Waals surface area contributed by atoms with Crippen LogP contribution in [0.1, 0.15) is 49.5 Å². The molecule has 0 spiro atoms. The predicted molar refractivity (Wildman–Crippen MR) is 61.8 cm³/mol. The molecule has 1 heterocycles. The maximum atomic E-state index is 5.40. The van der Waals surface area contributed by atoms with Gasteiger partial charge in [0.15, 0.2) is 0 Å². The fraction of sp³-hybridized carbons (Fsp3) is 0.692. The molecule has 0 saturated heterocycles. The molecule has 1 aliphatic carbocycles. The average molecular weight is 207 g/mol. The molecule has 2 heteroatoms. The van der Waals surface area contributed by atoms with Gasteiger partial charge in [-0.15, -0.1) is 0 Å². The fourth-order valence-electron chi connectivity index (χ4n) is 2.83. The van der Waals surface area contributed by atoms with E-state index >= 15 is 0 Å². The fourth-order valence-corrected chi connectivity index (χ4v) is 2.83. The lowest BCUT2D eigenvalue weighted by Crippen LogP contribution is -2.27. The van der Waals surface area contributed by atoms with E-state index in [1.54, 1.807) is 6.26 Å². The second-order valence-corrected chi connectivity index (χ2v) is 4.60. The molecular weight excluding hydrogens is 186 g/mol. The smallest absolute Gasteiger partial charge is 0.105 e. The number of hydrogen-bond donors (Lipinski definition) is 1. The summed E-state index contributed by atoms with van der Waals surface area (Å²) in [5, 5.41) is 3.46. The van der Waals surface area contributed by atoms with Gasteiger partial charge in [-0.25, -0.2) is 0 Å². The van der Waals surface area contributed by atoms with E-state index in [0.29, 0.717) is 6.04 Å². The molecule has 1 fully saturated rings. The van der Waals surface area contributed by atoms with Crippen LogP contribution in [0.25, 0.3) is 0 Å². The van der Waals surface area contributed by atoms with E-state index in [2.05, 4.69) is 25.4 Å². The minimum Gasteiger partial charge on any atom is -0.469 e. The Labute approximate surface area is 92.1 Å². The Kier molecular flexibility index (Phi) is 3.47. The molecule has 84 valence electrons. The van der Waals surface area contributed by atoms with Gasteiger partial charge in [0.2, 0.25) is 0 Å². The van der Waals surface area contributed by atoms with Crippen molar-refractivity contribution < 1.29 is 4.42 Å². The van der Waals surface area contributed by atoms with Crippen LogP contribution >= 0.6 is 0 Å². The highest BCUT2D eigenvalue weighted by Crippen LogP contribution is 2.35. The van der Waals surface area contributed by atoms with Gasteiger partial charge in [-0.05, 0) is 38.8 Å². The maximum Gasteiger partial charge on any atom is 0.105 e. The van der Waals surface area contributed by atoms with E-state index in [-0.39, 0.29) is 0 Å². The third-order valence-electron chi connectivity index (χ3n) is 3.67. The lowest BCUT2D eigenvalue weighted by Gasteiger charge is -2.29. The van der Waals surface area contributed by atoms with Crippen molar-refractivity contribution in [3.8, 4) is 0 Å². The molecular formula is C13H21NO. The van der Waals surface area contributed by atoms with E-state index in [4.69, 9.17) is 4.42 Å². The summed E-state index contributed by atoms with van der Waals surface area (Å²) in [6, 6.07) is 2.61. The first-order valence-electron chi connectivity index (χ1n) is 6.04. The van der Waals surface area contributed by atoms with E-state index in [1.807, 2.05) is 0 Å². The summed E-state index contributed by atoms with van der Waals surface area (Å²) in [6.45, 7) is 2.06. The van der Waals surface area contributed by atoms with Crippen LogP contribution in [-0.2, 0) is 0 Å². The first-order chi connectivity index (χ1) is 7.33. The average Bonchev–Trinajstić information content (AvgIpc) is 2.68. The predicted octanol–water partition coefficient (Wildman–Crippen LogP) is 3.43. The largest absolute Gasteiger partial charge is 0.469 e. The highest BCUT2D eigenvalue weighted by molar-refractivity contribution is 5.21. The van der Waals surface area contributed by atoms with Crippen LogP contribution < -0.4 is 5.32 Å². The summed E-state index contributed by atoms with van der Waals surface area (Å²) in [5.41, 5.74) is 1.35. The third kappa shape index (κ3) is 2.25. The van der Waals surface area contributed by atoms with E-state index < -0.39 is 0 Å². The number of furan rings is 1. The maximum absolute atomic E-state index is 5.40. The van der Waals surface area contributed by atoms with Gasteiger partial charge in [0.1, 0.15) is 5.76 Å². The molecule has 1 unspecified atom stereocenters. The zero-order valence-corrected chi connectivity index (χ0v) is 9.75. The third-order valence-corrected chi connectivity index (χ3v) is 3.67. The zero-order valence-electron chi connectivity index (χ0n) is 9.75. The van der Waals surface area contributed by atoms with Crippen molar-refractivity contribution in [2.24, 2.45) is 5.92 Å². The second-order valence-electron chi connectivity index (χ2n) is 4.60. The van der Waals surface area contributed by atoms with Gasteiger partial charge in [0, 0.05) is 11.6 Å². The minimum atomic E-state index is 0.490. The molecule has 1 saturated carbocycles. The van der Waals surface area contributed by atoms with Crippen molar-refractivity contribution in [1.82, 2.24) is 5.32 Å². The molecule has 0 aromatic carbocycles. The number of rotatable bonds is 3. The summed E-state index contributed by atoms with van der Waals surface area (Å²) in [4.78, 5) is 0. The SMILES string of the molecule is CNC(c1ccoc1C)C1CCCCC1. The molecule has 2 rings (SSSR count). The Morgan fingerprint density at radius 2 is 2.07 bits per heavy atom. The summed E-state index contributed by atoms with van der Waals surface area (Å²) in [5.74, 6) is 1.86. The molecule has 2 nitrogen and oxygen atoms in total. The Hall–Kier alpha value is -0.760. The van der Waals surface area contributed by atoms with Crippen molar-refractivity contribution in [2.75, 3.05) is 7.05 Å². The Bertz CT molecular complexity index is 299. The molecule has 1 atom stereocenters. The van der Waals surface area contributed by atoms with Crippen LogP contribution in [0.5, 0.6) is 0 Å². The van der Waals surface area contributed by atoms with Gasteiger partial charge in [-0.3, -0.25) is 0 Å². The Balaban J connectivity index is 2.12. The molecule has 0 radical (unpaired) electrons. The van der Waals surface area contributed by atoms with Crippen molar-refractivity contribution in [1.29, 1.82) is 0 Å². The van der Waals surface area contributed by atoms with Crippen LogP contribution in [0.15, 0.2) is 16.7 Å². The van der Waals surface area contributed by atoms with Crippen LogP contribution in [0, 0.1) is 12.8 Å². The van der Waals surface area contributed by atoms with Gasteiger partial charge in [0.05, 0.1) is 6.26 Å². The van der Waals surface area contributed by atoms with E-state index in [0.717, 1.165) is 11.7 Å². The van der Waals surface area contributed by atoms with Crippen molar-refractivity contribution in [3.63, 3.8) is 0 Å². The first-order valence-corrected chi connectivity index (χ1v) is 6.04. The van der Waals surface area contributed by atoms with E-state index in [1.165, 1.54) is 37.7 Å². The topological polar surface area (TPSA) is 25.2 Å². The highest BCUT2D eigenvalue weighted by atomic mass is 16.3. The quantitative estimate of drug-likeness (QED) is 0.821. The molecule has 1 aromatic rings. The van der Waals surface area contributed by atoms with Crippen molar-refractivity contribution >= 4 is 0 Å². The van der Waals surface area contributed by atoms with Gasteiger partial charge in [-0.1, -0.05) is 19.3 Å². The zero-order chi connectivity index (χ0) is 10.7. The van der Waals surface area contributed by atoms with Gasteiger partial charge in [-0.2, -0.15) is 0 Å². The molecule has 0 aliphatic heterocycles. The lowest BCUT2D eigenvalue weighted by molar-refractivity contribution is 0.279. The van der Waals surface area contributed by atoms with E-state index in [9.17, 15) is 0 Å². The molecule has 0 bridgehead atoms. The molecule has 1 N–H and O–H groups in total. The highest BCUT2D eigenvalue weighted by Gasteiger charge is 2.25. The second kappa shape index (κ2) is 4.84. The minimum absolute atomic E-state index is 0.490. The monoisotopic (exact) mass is 207 g/mol. The van der Waals surface area contributed by atoms with Crippen LogP contribution in [0.3, 0.4) is 0 Å². The van der Waals surface area contributed by atoms with Gasteiger partial charge in [0.25, 0.3) is 0 Å². The summed E-state index contributed by atoms with van der Waals surface area (Å²) in [6.07, 6.45) is 8.71. The number of hydrogen-bond acceptors (Lipinski definition) is 2. The van der Waals surface area contributed by atoms with Crippen molar-refractivity contribution in [3.05, 3.63) is 23.7 Å². The number of nitrogens with one attached hydrogen (secondary N) is 1. The van der Waals surface area contributed by atoms with Crippen LogP contribution in [0.2, 0.25) is 0 Å². The van der Waals surface area contributed by atoms with Gasteiger partial charge >= 0.3 is 0 Å². The summed E-state index contributed by atoms with van der Waals surface area (Å²) >= 11 is 0. The van der Waals surface area contributed by atoms with Crippen LogP contribution in [0.4, 0.5) is 0 Å². The normalized spacial score (nSPS) is 20.4. The van der Waals surface area contributed by atoms with Gasteiger partial charge < -0.3 is 9.73 Å².